The van der Waals surface area contributed by atoms with E-state index in [4.69, 9.17) is 0 Å². The molecule has 0 saturated carbocycles. The molecule has 0 aromatic heterocycles. The normalized spacial score (nSPS) is 11.9. The Bertz CT molecular complexity index is 1530. The molecular weight excluding hydrogens is 519 g/mol. The first-order valence-corrected chi connectivity index (χ1v) is 11.1. The molecule has 6 aromatic rings. The molecule has 0 nitrogen and oxygen atoms in total. The van der Waals surface area contributed by atoms with Gasteiger partial charge in [0.2, 0.25) is 0 Å². The van der Waals surface area contributed by atoms with Crippen LogP contribution < -0.4 is 3.12 Å². The monoisotopic (exact) mass is 535 g/mol. The van der Waals surface area contributed by atoms with Crippen LogP contribution in [-0.2, 0) is 0 Å². The maximum atomic E-state index is 2.40. The third-order valence-electron chi connectivity index (χ3n) is 5.66. The molecule has 6 rings (SSSR count). The molecule has 0 aliphatic carbocycles. The van der Waals surface area contributed by atoms with Crippen LogP contribution in [0.4, 0.5) is 0 Å². The summed E-state index contributed by atoms with van der Waals surface area (Å²) in [7, 11) is 0. The van der Waals surface area contributed by atoms with Gasteiger partial charge in [-0.3, -0.25) is 0 Å². The molecule has 0 fully saturated rings. The van der Waals surface area contributed by atoms with Crippen LogP contribution in [0.1, 0.15) is 0 Å². The Morgan fingerprint density at radius 3 is 1.63 bits per heavy atom. The first-order chi connectivity index (χ1) is 13.3. The van der Waals surface area contributed by atoms with Crippen molar-refractivity contribution in [3.05, 3.63) is 91.0 Å². The van der Waals surface area contributed by atoms with Gasteiger partial charge in [-0.25, -0.2) is 0 Å². The van der Waals surface area contributed by atoms with E-state index in [-0.39, 0.29) is 0 Å². The predicted octanol–water partition coefficient (Wildman–Crippen LogP) is 6.25. The molecule has 0 bridgehead atoms. The van der Waals surface area contributed by atoms with Crippen molar-refractivity contribution in [2.45, 2.75) is 0 Å². The fourth-order valence-corrected chi connectivity index (χ4v) is 5.49. The Hall–Kier alpha value is -2.46. The number of hydrogen-bond acceptors (Lipinski definition) is 0. The van der Waals surface area contributed by atoms with E-state index >= 15 is 0 Å². The van der Waals surface area contributed by atoms with E-state index in [1.165, 1.54) is 57.0 Å². The molecule has 0 amide bonds. The fraction of sp³-hybridized carbons (Fsp3) is 0. The minimum absolute atomic E-state index is 1.07. The summed E-state index contributed by atoms with van der Waals surface area (Å²) in [5.41, 5.74) is 0. The molecule has 0 unspecified atom stereocenters. The molecule has 0 atom stereocenters. The van der Waals surface area contributed by atoms with Crippen LogP contribution in [-0.4, -0.2) is 25.8 Å². The summed E-state index contributed by atoms with van der Waals surface area (Å²) in [6.07, 6.45) is 0. The number of benzene rings is 6. The van der Waals surface area contributed by atoms with Crippen LogP contribution in [0.15, 0.2) is 91.0 Å². The van der Waals surface area contributed by atoms with Gasteiger partial charge in [-0.1, -0.05) is 0 Å². The zero-order valence-electron chi connectivity index (χ0n) is 14.7. The number of hydrogen-bond donors (Lipinski definition) is 0. The molecule has 123 valence electrons. The van der Waals surface area contributed by atoms with E-state index in [1.807, 2.05) is 0 Å². The first-order valence-electron chi connectivity index (χ1n) is 9.20. The van der Waals surface area contributed by atoms with Crippen LogP contribution in [0.2, 0.25) is 0 Å². The van der Waals surface area contributed by atoms with Gasteiger partial charge in [0.15, 0.2) is 0 Å². The Morgan fingerprint density at radius 2 is 0.889 bits per heavy atom. The topological polar surface area (TPSA) is 0 Å². The minimum atomic E-state index is 1.07. The van der Waals surface area contributed by atoms with Crippen molar-refractivity contribution >= 4 is 82.8 Å². The second kappa shape index (κ2) is 5.77. The van der Waals surface area contributed by atoms with Gasteiger partial charge >= 0.3 is 174 Å². The molecule has 0 saturated heterocycles. The van der Waals surface area contributed by atoms with E-state index in [1.54, 1.807) is 0 Å². The van der Waals surface area contributed by atoms with E-state index in [2.05, 4.69) is 91.0 Å². The molecular formula is C26H15Pb. The fourth-order valence-electron chi connectivity index (χ4n) is 4.27. The Morgan fingerprint density at radius 1 is 0.370 bits per heavy atom. The number of fused-ring (bicyclic) bond motifs is 6. The maximum absolute atomic E-state index is 2.40. The van der Waals surface area contributed by atoms with Crippen molar-refractivity contribution in [2.24, 2.45) is 0 Å². The second-order valence-corrected chi connectivity index (χ2v) is 9.38. The van der Waals surface area contributed by atoms with Crippen molar-refractivity contribution in [1.82, 2.24) is 0 Å². The van der Waals surface area contributed by atoms with Crippen molar-refractivity contribution < 1.29 is 0 Å². The van der Waals surface area contributed by atoms with E-state index in [0.717, 1.165) is 25.8 Å². The first kappa shape index (κ1) is 15.6. The van der Waals surface area contributed by atoms with Crippen LogP contribution in [0, 0.1) is 0 Å². The quantitative estimate of drug-likeness (QED) is 0.123. The SMILES string of the molecule is [Pb][c]1cccc2cc3ccc4cc5cc6ccccc6cc5cc4c3cc12. The Labute approximate surface area is 173 Å². The average molecular weight is 535 g/mol. The third-order valence-corrected chi connectivity index (χ3v) is 7.35. The van der Waals surface area contributed by atoms with Crippen LogP contribution in [0.3, 0.4) is 0 Å². The molecule has 0 N–H and O–H groups in total. The van der Waals surface area contributed by atoms with Crippen molar-refractivity contribution in [3.8, 4) is 0 Å². The van der Waals surface area contributed by atoms with Crippen molar-refractivity contribution in [3.63, 3.8) is 0 Å². The Balaban J connectivity index is 1.78. The van der Waals surface area contributed by atoms with E-state index in [0.29, 0.717) is 0 Å². The summed E-state index contributed by atoms with van der Waals surface area (Å²) < 4.78 is 1.47. The molecule has 0 heterocycles. The standard InChI is InChI=1S/C26H15.Pb/c1-2-7-19-13-24-16-26-22(14-23(24)12-18(19)6-1)10-9-21-11-17-5-3-4-8-20(17)15-25(21)26;/h1-7,9-16H;. The van der Waals surface area contributed by atoms with Crippen LogP contribution >= 0.6 is 0 Å². The summed E-state index contributed by atoms with van der Waals surface area (Å²) in [6, 6.07) is 33.9. The summed E-state index contributed by atoms with van der Waals surface area (Å²) in [4.78, 5) is 0. The van der Waals surface area contributed by atoms with E-state index in [9.17, 15) is 0 Å². The predicted molar refractivity (Wildman–Crippen MR) is 119 cm³/mol. The molecule has 1 heteroatoms. The molecule has 0 aliphatic heterocycles. The Kier molecular flexibility index (Phi) is 3.33. The van der Waals surface area contributed by atoms with Crippen molar-refractivity contribution in [1.29, 1.82) is 0 Å². The van der Waals surface area contributed by atoms with Gasteiger partial charge in [-0.2, -0.15) is 0 Å². The van der Waals surface area contributed by atoms with Gasteiger partial charge < -0.3 is 0 Å². The second-order valence-electron chi connectivity index (χ2n) is 7.29. The van der Waals surface area contributed by atoms with Gasteiger partial charge in [0, 0.05) is 0 Å². The van der Waals surface area contributed by atoms with Gasteiger partial charge in [-0.15, -0.1) is 0 Å². The van der Waals surface area contributed by atoms with E-state index < -0.39 is 0 Å². The molecule has 27 heavy (non-hydrogen) atoms. The summed E-state index contributed by atoms with van der Waals surface area (Å²) >= 11 is 1.07. The zero-order chi connectivity index (χ0) is 18.0. The van der Waals surface area contributed by atoms with Gasteiger partial charge in [0.1, 0.15) is 0 Å². The van der Waals surface area contributed by atoms with Gasteiger partial charge in [0.25, 0.3) is 0 Å². The van der Waals surface area contributed by atoms with Crippen LogP contribution in [0.5, 0.6) is 0 Å². The van der Waals surface area contributed by atoms with Crippen LogP contribution in [0.25, 0.3) is 53.9 Å². The molecule has 0 aliphatic rings. The molecule has 6 aromatic carbocycles. The van der Waals surface area contributed by atoms with Gasteiger partial charge in [-0.05, 0) is 0 Å². The zero-order valence-corrected chi connectivity index (χ0v) is 18.5. The summed E-state index contributed by atoms with van der Waals surface area (Å²) in [6.45, 7) is 0. The number of rotatable bonds is 0. The molecule has 3 radical (unpaired) electrons. The average Bonchev–Trinajstić information content (AvgIpc) is 2.70. The summed E-state index contributed by atoms with van der Waals surface area (Å²) in [5, 5.41) is 13.3. The third kappa shape index (κ3) is 2.39. The van der Waals surface area contributed by atoms with Gasteiger partial charge in [0.05, 0.1) is 0 Å². The van der Waals surface area contributed by atoms with Crippen molar-refractivity contribution in [2.75, 3.05) is 0 Å². The summed E-state index contributed by atoms with van der Waals surface area (Å²) in [5.74, 6) is 0. The molecule has 0 spiro atoms.